The first-order valence-electron chi connectivity index (χ1n) is 6.22. The van der Waals surface area contributed by atoms with Crippen LogP contribution in [0.2, 0.25) is 0 Å². The third-order valence-electron chi connectivity index (χ3n) is 3.04. The van der Waals surface area contributed by atoms with Gasteiger partial charge in [0, 0.05) is 13.1 Å². The second-order valence-corrected chi connectivity index (χ2v) is 4.59. The number of amides is 2. The van der Waals surface area contributed by atoms with Gasteiger partial charge in [0.25, 0.3) is 0 Å². The Labute approximate surface area is 113 Å². The molecule has 0 bridgehead atoms. The quantitative estimate of drug-likeness (QED) is 0.808. The fourth-order valence-electron chi connectivity index (χ4n) is 2.18. The van der Waals surface area contributed by atoms with E-state index in [1.807, 2.05) is 0 Å². The maximum Gasteiger partial charge on any atom is 0.406 e. The minimum atomic E-state index is -4.60. The Kier molecular flexibility index (Phi) is 5.61. The highest BCUT2D eigenvalue weighted by molar-refractivity contribution is 5.83. The molecule has 1 saturated heterocycles. The highest BCUT2D eigenvalue weighted by Crippen LogP contribution is 2.22. The number of nitrogens with zero attached hydrogens (tertiary/aromatic N) is 2. The molecule has 2 amide bonds. The van der Waals surface area contributed by atoms with Crippen LogP contribution in [0.5, 0.6) is 0 Å². The molecular formula is C11H17F3N2O4. The zero-order valence-electron chi connectivity index (χ0n) is 10.8. The molecular weight excluding hydrogens is 281 g/mol. The van der Waals surface area contributed by atoms with Gasteiger partial charge in [0.2, 0.25) is 0 Å². The summed E-state index contributed by atoms with van der Waals surface area (Å²) in [4.78, 5) is 24.5. The number of hydrogen-bond donors (Lipinski definition) is 2. The Hall–Kier alpha value is -1.51. The van der Waals surface area contributed by atoms with Gasteiger partial charge in [0.1, 0.15) is 12.6 Å². The first-order valence-corrected chi connectivity index (χ1v) is 6.22. The standard InChI is InChI=1S/C11H17F3N2O4/c12-11(13,14)7-15(5-6-17)10(20)16-4-2-1-3-8(16)9(18)19/h8,17H,1-7H2,(H,18,19). The predicted octanol–water partition coefficient (Wildman–Crippen LogP) is 0.902. The van der Waals surface area contributed by atoms with E-state index in [2.05, 4.69) is 0 Å². The number of likely N-dealkylation sites (tertiary alicyclic amines) is 1. The molecule has 1 rings (SSSR count). The van der Waals surface area contributed by atoms with Gasteiger partial charge in [0.15, 0.2) is 0 Å². The number of rotatable bonds is 4. The number of aliphatic hydroxyl groups is 1. The Balaban J connectivity index is 2.83. The first kappa shape index (κ1) is 16.5. The van der Waals surface area contributed by atoms with Crippen molar-refractivity contribution in [1.82, 2.24) is 9.80 Å². The van der Waals surface area contributed by atoms with Crippen molar-refractivity contribution in [3.63, 3.8) is 0 Å². The van der Waals surface area contributed by atoms with Crippen molar-refractivity contribution in [2.24, 2.45) is 0 Å². The van der Waals surface area contributed by atoms with Crippen LogP contribution in [0.3, 0.4) is 0 Å². The lowest BCUT2D eigenvalue weighted by Crippen LogP contribution is -2.55. The molecule has 0 spiro atoms. The monoisotopic (exact) mass is 298 g/mol. The van der Waals surface area contributed by atoms with E-state index in [0.717, 1.165) is 4.90 Å². The molecule has 0 aromatic heterocycles. The van der Waals surface area contributed by atoms with Gasteiger partial charge in [-0.3, -0.25) is 0 Å². The van der Waals surface area contributed by atoms with Crippen LogP contribution >= 0.6 is 0 Å². The minimum absolute atomic E-state index is 0.107. The average Bonchev–Trinajstić information content (AvgIpc) is 2.36. The van der Waals surface area contributed by atoms with E-state index < -0.39 is 43.9 Å². The number of halogens is 3. The molecule has 1 aliphatic heterocycles. The number of piperidine rings is 1. The second-order valence-electron chi connectivity index (χ2n) is 4.59. The number of carboxylic acid groups (broad SMARTS) is 1. The van der Waals surface area contributed by atoms with E-state index in [4.69, 9.17) is 10.2 Å². The number of alkyl halides is 3. The van der Waals surface area contributed by atoms with Crippen LogP contribution in [0.15, 0.2) is 0 Å². The van der Waals surface area contributed by atoms with Crippen LogP contribution in [0.25, 0.3) is 0 Å². The third kappa shape index (κ3) is 4.55. The summed E-state index contributed by atoms with van der Waals surface area (Å²) < 4.78 is 37.2. The van der Waals surface area contributed by atoms with Crippen molar-refractivity contribution in [2.75, 3.05) is 26.2 Å². The van der Waals surface area contributed by atoms with Gasteiger partial charge >= 0.3 is 18.2 Å². The number of carbonyl (C=O) groups excluding carboxylic acids is 1. The largest absolute Gasteiger partial charge is 0.480 e. The minimum Gasteiger partial charge on any atom is -0.480 e. The zero-order valence-corrected chi connectivity index (χ0v) is 10.8. The van der Waals surface area contributed by atoms with Crippen molar-refractivity contribution in [2.45, 2.75) is 31.5 Å². The van der Waals surface area contributed by atoms with Gasteiger partial charge in [-0.05, 0) is 19.3 Å². The Bertz CT molecular complexity index is 362. The number of aliphatic carboxylic acids is 1. The van der Waals surface area contributed by atoms with Gasteiger partial charge < -0.3 is 20.0 Å². The van der Waals surface area contributed by atoms with Crippen LogP contribution in [-0.4, -0.2) is 70.5 Å². The van der Waals surface area contributed by atoms with Crippen LogP contribution in [0.4, 0.5) is 18.0 Å². The van der Waals surface area contributed by atoms with E-state index in [-0.39, 0.29) is 13.0 Å². The van der Waals surface area contributed by atoms with E-state index in [1.54, 1.807) is 0 Å². The second kappa shape index (κ2) is 6.78. The molecule has 2 N–H and O–H groups in total. The molecule has 1 fully saturated rings. The summed E-state index contributed by atoms with van der Waals surface area (Å²) >= 11 is 0. The van der Waals surface area contributed by atoms with E-state index in [0.29, 0.717) is 17.7 Å². The molecule has 0 aliphatic carbocycles. The van der Waals surface area contributed by atoms with Crippen LogP contribution in [0.1, 0.15) is 19.3 Å². The van der Waals surface area contributed by atoms with Crippen LogP contribution in [-0.2, 0) is 4.79 Å². The van der Waals surface area contributed by atoms with Crippen molar-refractivity contribution in [3.8, 4) is 0 Å². The molecule has 0 saturated carbocycles. The number of carbonyl (C=O) groups is 2. The summed E-state index contributed by atoms with van der Waals surface area (Å²) in [7, 11) is 0. The van der Waals surface area contributed by atoms with E-state index in [9.17, 15) is 22.8 Å². The van der Waals surface area contributed by atoms with Gasteiger partial charge in [-0.1, -0.05) is 0 Å². The Morgan fingerprint density at radius 2 is 1.95 bits per heavy atom. The molecule has 1 atom stereocenters. The lowest BCUT2D eigenvalue weighted by atomic mass is 10.0. The topological polar surface area (TPSA) is 81.1 Å². The summed E-state index contributed by atoms with van der Waals surface area (Å²) in [5.74, 6) is -1.23. The molecule has 20 heavy (non-hydrogen) atoms. The highest BCUT2D eigenvalue weighted by atomic mass is 19.4. The number of carboxylic acids is 1. The summed E-state index contributed by atoms with van der Waals surface area (Å²) in [5.41, 5.74) is 0. The van der Waals surface area contributed by atoms with Gasteiger partial charge in [-0.2, -0.15) is 13.2 Å². The molecule has 0 aromatic rings. The van der Waals surface area contributed by atoms with E-state index in [1.165, 1.54) is 0 Å². The summed E-state index contributed by atoms with van der Waals surface area (Å²) in [6, 6.07) is -2.10. The molecule has 0 radical (unpaired) electrons. The lowest BCUT2D eigenvalue weighted by molar-refractivity contribution is -0.146. The van der Waals surface area contributed by atoms with Crippen LogP contribution < -0.4 is 0 Å². The highest BCUT2D eigenvalue weighted by Gasteiger charge is 2.38. The van der Waals surface area contributed by atoms with Crippen molar-refractivity contribution >= 4 is 12.0 Å². The van der Waals surface area contributed by atoms with Crippen molar-refractivity contribution in [3.05, 3.63) is 0 Å². The fraction of sp³-hybridized carbons (Fsp3) is 0.818. The van der Waals surface area contributed by atoms with Crippen molar-refractivity contribution < 1.29 is 33.0 Å². The molecule has 9 heteroatoms. The number of urea groups is 1. The molecule has 1 aliphatic rings. The first-order chi connectivity index (χ1) is 9.26. The molecule has 1 heterocycles. The molecule has 0 aromatic carbocycles. The average molecular weight is 298 g/mol. The third-order valence-corrected chi connectivity index (χ3v) is 3.04. The summed E-state index contributed by atoms with van der Waals surface area (Å²) in [6.07, 6.45) is -3.21. The normalized spacial score (nSPS) is 19.8. The zero-order chi connectivity index (χ0) is 15.3. The molecule has 116 valence electrons. The number of hydrogen-bond acceptors (Lipinski definition) is 3. The van der Waals surface area contributed by atoms with Crippen molar-refractivity contribution in [1.29, 1.82) is 0 Å². The molecule has 1 unspecified atom stereocenters. The SMILES string of the molecule is O=C(O)C1CCCCN1C(=O)N(CCO)CC(F)(F)F. The fourth-order valence-corrected chi connectivity index (χ4v) is 2.18. The summed E-state index contributed by atoms with van der Waals surface area (Å²) in [6.45, 7) is -2.50. The smallest absolute Gasteiger partial charge is 0.406 e. The predicted molar refractivity (Wildman–Crippen MR) is 62.1 cm³/mol. The van der Waals surface area contributed by atoms with Crippen LogP contribution in [0, 0.1) is 0 Å². The molecule has 6 nitrogen and oxygen atoms in total. The maximum absolute atomic E-state index is 12.4. The Morgan fingerprint density at radius 3 is 2.45 bits per heavy atom. The summed E-state index contributed by atoms with van der Waals surface area (Å²) in [5, 5.41) is 17.8. The van der Waals surface area contributed by atoms with Gasteiger partial charge in [0.05, 0.1) is 6.61 Å². The maximum atomic E-state index is 12.4. The Morgan fingerprint density at radius 1 is 1.30 bits per heavy atom. The van der Waals surface area contributed by atoms with Gasteiger partial charge in [-0.25, -0.2) is 9.59 Å². The van der Waals surface area contributed by atoms with E-state index >= 15 is 0 Å². The lowest BCUT2D eigenvalue weighted by Gasteiger charge is -2.37. The van der Waals surface area contributed by atoms with Gasteiger partial charge in [-0.15, -0.1) is 0 Å². The number of aliphatic hydroxyl groups excluding tert-OH is 1.